The van der Waals surface area contributed by atoms with Crippen molar-refractivity contribution < 1.29 is 19.3 Å². The maximum atomic E-state index is 9.91. The smallest absolute Gasteiger partial charge is 0.0897 e. The predicted molar refractivity (Wildman–Crippen MR) is 72.3 cm³/mol. The lowest BCUT2D eigenvalue weighted by Gasteiger charge is -2.35. The molecule has 112 valence electrons. The highest BCUT2D eigenvalue weighted by Gasteiger charge is 2.27. The predicted octanol–water partition coefficient (Wildman–Crippen LogP) is 0.702. The molecule has 2 atom stereocenters. The highest BCUT2D eigenvalue weighted by atomic mass is 16.5. The van der Waals surface area contributed by atoms with Crippen LogP contribution in [0.2, 0.25) is 0 Å². The van der Waals surface area contributed by atoms with E-state index in [0.29, 0.717) is 19.8 Å². The maximum Gasteiger partial charge on any atom is 0.0897 e. The second-order valence-corrected chi connectivity index (χ2v) is 5.88. The van der Waals surface area contributed by atoms with Gasteiger partial charge in [0.1, 0.15) is 0 Å². The van der Waals surface area contributed by atoms with Gasteiger partial charge in [0.05, 0.1) is 25.4 Å². The van der Waals surface area contributed by atoms with Gasteiger partial charge in [-0.25, -0.2) is 0 Å². The average molecular weight is 273 g/mol. The first-order chi connectivity index (χ1) is 9.18. The van der Waals surface area contributed by atoms with E-state index in [9.17, 15) is 5.11 Å². The highest BCUT2D eigenvalue weighted by Crippen LogP contribution is 2.19. The van der Waals surface area contributed by atoms with Gasteiger partial charge in [-0.2, -0.15) is 0 Å². The van der Waals surface area contributed by atoms with Crippen LogP contribution in [0.15, 0.2) is 0 Å². The number of aliphatic hydroxyl groups excluding tert-OH is 1. The summed E-state index contributed by atoms with van der Waals surface area (Å²) in [5, 5.41) is 13.3. The molecule has 0 aromatic heterocycles. The van der Waals surface area contributed by atoms with Gasteiger partial charge >= 0.3 is 0 Å². The molecule has 19 heavy (non-hydrogen) atoms. The molecule has 2 fully saturated rings. The lowest BCUT2D eigenvalue weighted by molar-refractivity contribution is -0.0209. The molecular formula is C14H27NO4. The molecule has 2 aliphatic heterocycles. The fourth-order valence-electron chi connectivity index (χ4n) is 2.53. The van der Waals surface area contributed by atoms with Crippen LogP contribution < -0.4 is 5.32 Å². The maximum absolute atomic E-state index is 9.91. The summed E-state index contributed by atoms with van der Waals surface area (Å²) in [4.78, 5) is 0. The SMILES string of the molecule is CC1(NCC(O)COCC2CCCO2)CCOCC1. The Morgan fingerprint density at radius 2 is 2.16 bits per heavy atom. The monoisotopic (exact) mass is 273 g/mol. The summed E-state index contributed by atoms with van der Waals surface area (Å²) < 4.78 is 16.3. The van der Waals surface area contributed by atoms with Crippen molar-refractivity contribution >= 4 is 0 Å². The van der Waals surface area contributed by atoms with Crippen molar-refractivity contribution in [2.24, 2.45) is 0 Å². The van der Waals surface area contributed by atoms with E-state index >= 15 is 0 Å². The lowest BCUT2D eigenvalue weighted by atomic mass is 9.92. The third-order valence-corrected chi connectivity index (χ3v) is 4.00. The second-order valence-electron chi connectivity index (χ2n) is 5.88. The van der Waals surface area contributed by atoms with Crippen molar-refractivity contribution in [3.8, 4) is 0 Å². The molecule has 0 amide bonds. The molecule has 0 radical (unpaired) electrons. The molecule has 5 heteroatoms. The van der Waals surface area contributed by atoms with E-state index in [1.165, 1.54) is 0 Å². The molecule has 0 saturated carbocycles. The van der Waals surface area contributed by atoms with Gasteiger partial charge < -0.3 is 24.6 Å². The van der Waals surface area contributed by atoms with Crippen LogP contribution in [0.4, 0.5) is 0 Å². The molecule has 2 rings (SSSR count). The van der Waals surface area contributed by atoms with Crippen LogP contribution in [-0.2, 0) is 14.2 Å². The first-order valence-electron chi connectivity index (χ1n) is 7.38. The van der Waals surface area contributed by atoms with Gasteiger partial charge in [0.2, 0.25) is 0 Å². The Morgan fingerprint density at radius 3 is 2.84 bits per heavy atom. The van der Waals surface area contributed by atoms with Crippen LogP contribution in [0.5, 0.6) is 0 Å². The number of rotatable bonds is 7. The quantitative estimate of drug-likeness (QED) is 0.715. The zero-order valence-corrected chi connectivity index (χ0v) is 11.9. The first kappa shape index (κ1) is 15.2. The summed E-state index contributed by atoms with van der Waals surface area (Å²) in [6, 6.07) is 0. The topological polar surface area (TPSA) is 60.0 Å². The van der Waals surface area contributed by atoms with E-state index < -0.39 is 6.10 Å². The van der Waals surface area contributed by atoms with Gasteiger partial charge in [0, 0.05) is 31.9 Å². The van der Waals surface area contributed by atoms with Gasteiger partial charge in [0.15, 0.2) is 0 Å². The molecule has 0 bridgehead atoms. The third kappa shape index (κ3) is 5.36. The molecule has 0 spiro atoms. The Morgan fingerprint density at radius 1 is 1.37 bits per heavy atom. The minimum absolute atomic E-state index is 0.0911. The van der Waals surface area contributed by atoms with E-state index in [1.54, 1.807) is 0 Å². The van der Waals surface area contributed by atoms with Crippen LogP contribution in [0.3, 0.4) is 0 Å². The number of β-amino-alcohol motifs (C(OH)–C–C–N with tert-alkyl or cyclic N) is 1. The Balaban J connectivity index is 1.54. The summed E-state index contributed by atoms with van der Waals surface area (Å²) in [5.41, 5.74) is 0.0911. The van der Waals surface area contributed by atoms with Crippen molar-refractivity contribution in [3.63, 3.8) is 0 Å². The van der Waals surface area contributed by atoms with Crippen molar-refractivity contribution in [2.75, 3.05) is 39.6 Å². The van der Waals surface area contributed by atoms with Crippen LogP contribution in [0.25, 0.3) is 0 Å². The molecule has 0 aromatic carbocycles. The Kier molecular flexibility index (Phi) is 6.04. The van der Waals surface area contributed by atoms with Gasteiger partial charge in [0.25, 0.3) is 0 Å². The lowest BCUT2D eigenvalue weighted by Crippen LogP contribution is -2.50. The second kappa shape index (κ2) is 7.55. The summed E-state index contributed by atoms with van der Waals surface area (Å²) in [7, 11) is 0. The minimum Gasteiger partial charge on any atom is -0.389 e. The molecule has 2 aliphatic rings. The number of aliphatic hydroxyl groups is 1. The first-order valence-corrected chi connectivity index (χ1v) is 7.38. The molecule has 2 saturated heterocycles. The Hall–Kier alpha value is -0.200. The Bertz CT molecular complexity index is 250. The molecule has 2 unspecified atom stereocenters. The van der Waals surface area contributed by atoms with Gasteiger partial charge in [-0.1, -0.05) is 0 Å². The van der Waals surface area contributed by atoms with E-state index in [4.69, 9.17) is 14.2 Å². The summed E-state index contributed by atoms with van der Waals surface area (Å²) >= 11 is 0. The van der Waals surface area contributed by atoms with E-state index in [-0.39, 0.29) is 11.6 Å². The van der Waals surface area contributed by atoms with Crippen LogP contribution in [-0.4, -0.2) is 62.4 Å². The highest BCUT2D eigenvalue weighted by molar-refractivity contribution is 4.86. The van der Waals surface area contributed by atoms with Crippen molar-refractivity contribution in [1.82, 2.24) is 5.32 Å². The van der Waals surface area contributed by atoms with Crippen molar-refractivity contribution in [3.05, 3.63) is 0 Å². The molecule has 0 aliphatic carbocycles. The molecule has 0 aromatic rings. The van der Waals surface area contributed by atoms with Gasteiger partial charge in [-0.15, -0.1) is 0 Å². The normalized spacial score (nSPS) is 28.4. The average Bonchev–Trinajstić information content (AvgIpc) is 2.91. The van der Waals surface area contributed by atoms with Crippen LogP contribution in [0, 0.1) is 0 Å². The van der Waals surface area contributed by atoms with Gasteiger partial charge in [-0.3, -0.25) is 0 Å². The van der Waals surface area contributed by atoms with E-state index in [1.807, 2.05) is 0 Å². The zero-order valence-electron chi connectivity index (χ0n) is 11.9. The number of nitrogens with one attached hydrogen (secondary N) is 1. The van der Waals surface area contributed by atoms with Crippen LogP contribution >= 0.6 is 0 Å². The minimum atomic E-state index is -0.457. The molecular weight excluding hydrogens is 246 g/mol. The van der Waals surface area contributed by atoms with E-state index in [2.05, 4.69) is 12.2 Å². The number of hydrogen-bond acceptors (Lipinski definition) is 5. The fraction of sp³-hybridized carbons (Fsp3) is 1.00. The third-order valence-electron chi connectivity index (χ3n) is 4.00. The standard InChI is InChI=1S/C14H27NO4/c1-14(4-7-17-8-5-14)15-9-12(16)10-18-11-13-3-2-6-19-13/h12-13,15-16H,2-11H2,1H3. The van der Waals surface area contributed by atoms with Crippen molar-refractivity contribution in [2.45, 2.75) is 50.4 Å². The summed E-state index contributed by atoms with van der Waals surface area (Å²) in [6.07, 6.45) is 3.96. The number of ether oxygens (including phenoxy) is 3. The Labute approximate surface area is 115 Å². The van der Waals surface area contributed by atoms with E-state index in [0.717, 1.165) is 45.5 Å². The largest absolute Gasteiger partial charge is 0.389 e. The van der Waals surface area contributed by atoms with Crippen molar-refractivity contribution in [1.29, 1.82) is 0 Å². The molecule has 5 nitrogen and oxygen atoms in total. The summed E-state index contributed by atoms with van der Waals surface area (Å²) in [6.45, 7) is 6.18. The zero-order chi connectivity index (χ0) is 13.6. The molecule has 2 N–H and O–H groups in total. The fourth-order valence-corrected chi connectivity index (χ4v) is 2.53. The van der Waals surface area contributed by atoms with Gasteiger partial charge in [-0.05, 0) is 32.6 Å². The molecule has 2 heterocycles. The number of hydrogen-bond donors (Lipinski definition) is 2. The van der Waals surface area contributed by atoms with Crippen LogP contribution in [0.1, 0.15) is 32.6 Å². The summed E-state index contributed by atoms with van der Waals surface area (Å²) in [5.74, 6) is 0.